The molecule has 1 heterocycles. The molecule has 2 saturated carbocycles. The second-order valence-electron chi connectivity index (χ2n) is 7.93. The average Bonchev–Trinajstić information content (AvgIpc) is 3.15. The topological polar surface area (TPSA) is 15.3 Å². The van der Waals surface area contributed by atoms with Crippen LogP contribution in [0.4, 0.5) is 0 Å². The van der Waals surface area contributed by atoms with Crippen LogP contribution in [0.2, 0.25) is 0 Å². The van der Waals surface area contributed by atoms with Gasteiger partial charge in [0.05, 0.1) is 0 Å². The first-order chi connectivity index (χ1) is 9.06. The smallest absolute Gasteiger partial charge is 0.0309 e. The van der Waals surface area contributed by atoms with Gasteiger partial charge in [0.15, 0.2) is 0 Å². The Bertz CT molecular complexity index is 319. The van der Waals surface area contributed by atoms with Gasteiger partial charge in [0.25, 0.3) is 0 Å². The van der Waals surface area contributed by atoms with E-state index >= 15 is 0 Å². The summed E-state index contributed by atoms with van der Waals surface area (Å²) in [4.78, 5) is 2.86. The number of rotatable bonds is 4. The molecule has 2 heteroatoms. The van der Waals surface area contributed by atoms with E-state index < -0.39 is 0 Å². The minimum Gasteiger partial charge on any atom is -0.308 e. The number of hydrogen-bond donors (Lipinski definition) is 1. The Morgan fingerprint density at radius 1 is 1.11 bits per heavy atom. The third kappa shape index (κ3) is 2.71. The van der Waals surface area contributed by atoms with Crippen LogP contribution in [-0.2, 0) is 0 Å². The molecule has 0 radical (unpaired) electrons. The first-order valence-electron chi connectivity index (χ1n) is 8.56. The van der Waals surface area contributed by atoms with E-state index in [0.717, 1.165) is 11.8 Å². The van der Waals surface area contributed by atoms with Crippen LogP contribution in [-0.4, -0.2) is 35.6 Å². The molecule has 0 spiro atoms. The van der Waals surface area contributed by atoms with Crippen molar-refractivity contribution in [2.45, 2.75) is 76.8 Å². The summed E-state index contributed by atoms with van der Waals surface area (Å²) in [6.45, 7) is 11.1. The van der Waals surface area contributed by atoms with Gasteiger partial charge in [-0.2, -0.15) is 0 Å². The summed E-state index contributed by atoms with van der Waals surface area (Å²) in [5.41, 5.74) is 0.782. The fourth-order valence-corrected chi connectivity index (χ4v) is 4.28. The predicted octanol–water partition coefficient (Wildman–Crippen LogP) is 3.42. The summed E-state index contributed by atoms with van der Waals surface area (Å²) in [5, 5.41) is 3.91. The Hall–Kier alpha value is -0.0800. The van der Waals surface area contributed by atoms with Crippen molar-refractivity contribution < 1.29 is 0 Å². The number of nitrogens with one attached hydrogen (secondary N) is 1. The molecule has 1 aliphatic heterocycles. The second kappa shape index (κ2) is 5.04. The highest BCUT2D eigenvalue weighted by atomic mass is 15.3. The molecule has 3 fully saturated rings. The van der Waals surface area contributed by atoms with Crippen molar-refractivity contribution in [1.82, 2.24) is 10.2 Å². The number of piperazine rings is 1. The summed E-state index contributed by atoms with van der Waals surface area (Å²) in [6, 6.07) is 0. The molecule has 3 aliphatic rings. The summed E-state index contributed by atoms with van der Waals surface area (Å²) >= 11 is 0. The minimum atomic E-state index is 0.386. The molecule has 110 valence electrons. The third-order valence-electron chi connectivity index (χ3n) is 6.35. The highest BCUT2D eigenvalue weighted by molar-refractivity contribution is 5.07. The van der Waals surface area contributed by atoms with Crippen LogP contribution in [0.25, 0.3) is 0 Å². The molecule has 0 aromatic carbocycles. The number of nitrogens with zero attached hydrogens (tertiary/aromatic N) is 1. The normalized spacial score (nSPS) is 41.8. The van der Waals surface area contributed by atoms with Gasteiger partial charge in [-0.25, -0.2) is 0 Å². The van der Waals surface area contributed by atoms with E-state index in [-0.39, 0.29) is 0 Å². The van der Waals surface area contributed by atoms with E-state index in [1.807, 2.05) is 0 Å². The van der Waals surface area contributed by atoms with Gasteiger partial charge in [0.1, 0.15) is 0 Å². The van der Waals surface area contributed by atoms with Crippen molar-refractivity contribution >= 4 is 0 Å². The van der Waals surface area contributed by atoms with Crippen LogP contribution in [0.15, 0.2) is 0 Å². The lowest BCUT2D eigenvalue weighted by Crippen LogP contribution is -2.69. The van der Waals surface area contributed by atoms with Gasteiger partial charge in [-0.1, -0.05) is 19.8 Å². The Balaban J connectivity index is 1.70. The van der Waals surface area contributed by atoms with E-state index in [1.54, 1.807) is 0 Å². The van der Waals surface area contributed by atoms with Crippen molar-refractivity contribution in [2.24, 2.45) is 11.8 Å². The first-order valence-corrected chi connectivity index (χ1v) is 8.56. The first kappa shape index (κ1) is 13.9. The number of hydrogen-bond acceptors (Lipinski definition) is 2. The maximum Gasteiger partial charge on any atom is 0.0309 e. The highest BCUT2D eigenvalue weighted by Gasteiger charge is 2.49. The Labute approximate surface area is 119 Å². The lowest BCUT2D eigenvalue weighted by Gasteiger charge is -2.53. The van der Waals surface area contributed by atoms with E-state index in [1.165, 1.54) is 64.6 Å². The third-order valence-corrected chi connectivity index (χ3v) is 6.35. The van der Waals surface area contributed by atoms with Crippen molar-refractivity contribution in [2.75, 3.05) is 19.6 Å². The van der Waals surface area contributed by atoms with Gasteiger partial charge < -0.3 is 5.32 Å². The largest absolute Gasteiger partial charge is 0.308 e. The van der Waals surface area contributed by atoms with Crippen LogP contribution in [0, 0.1) is 11.8 Å². The minimum absolute atomic E-state index is 0.386. The Morgan fingerprint density at radius 3 is 2.37 bits per heavy atom. The zero-order chi connectivity index (χ0) is 13.5. The molecular formula is C17H32N2. The fraction of sp³-hybridized carbons (Fsp3) is 1.00. The van der Waals surface area contributed by atoms with Gasteiger partial charge in [0.2, 0.25) is 0 Å². The van der Waals surface area contributed by atoms with Crippen molar-refractivity contribution in [3.63, 3.8) is 0 Å². The van der Waals surface area contributed by atoms with Crippen LogP contribution in [0.1, 0.15) is 65.7 Å². The second-order valence-corrected chi connectivity index (χ2v) is 7.93. The van der Waals surface area contributed by atoms with Gasteiger partial charge in [0, 0.05) is 30.7 Å². The molecule has 2 unspecified atom stereocenters. The molecule has 2 atom stereocenters. The van der Waals surface area contributed by atoms with Gasteiger partial charge in [-0.3, -0.25) is 4.90 Å². The highest BCUT2D eigenvalue weighted by Crippen LogP contribution is 2.43. The van der Waals surface area contributed by atoms with Gasteiger partial charge in [-0.15, -0.1) is 0 Å². The molecule has 0 aromatic heterocycles. The Morgan fingerprint density at radius 2 is 1.79 bits per heavy atom. The molecule has 0 bridgehead atoms. The fourth-order valence-electron chi connectivity index (χ4n) is 4.28. The maximum atomic E-state index is 3.91. The van der Waals surface area contributed by atoms with Crippen LogP contribution in [0.3, 0.4) is 0 Å². The zero-order valence-electron chi connectivity index (χ0n) is 13.2. The van der Waals surface area contributed by atoms with Gasteiger partial charge >= 0.3 is 0 Å². The van der Waals surface area contributed by atoms with E-state index in [9.17, 15) is 0 Å². The summed E-state index contributed by atoms with van der Waals surface area (Å²) in [6.07, 6.45) is 10.1. The molecular weight excluding hydrogens is 232 g/mol. The molecule has 3 rings (SSSR count). The van der Waals surface area contributed by atoms with E-state index in [4.69, 9.17) is 0 Å². The molecule has 1 N–H and O–H groups in total. The van der Waals surface area contributed by atoms with Crippen molar-refractivity contribution in [3.05, 3.63) is 0 Å². The standard InChI is InChI=1S/C17H32N2/c1-4-16(2)12-18-17(3,15-9-10-15)13-19(16)11-14-7-5-6-8-14/h14-15,18H,4-13H2,1-3H3. The molecule has 2 aliphatic carbocycles. The lowest BCUT2D eigenvalue weighted by molar-refractivity contribution is 0.000235. The molecule has 19 heavy (non-hydrogen) atoms. The quantitative estimate of drug-likeness (QED) is 0.837. The van der Waals surface area contributed by atoms with Gasteiger partial charge in [-0.05, 0) is 57.8 Å². The van der Waals surface area contributed by atoms with Crippen LogP contribution >= 0.6 is 0 Å². The maximum absolute atomic E-state index is 3.91. The monoisotopic (exact) mass is 264 g/mol. The zero-order valence-corrected chi connectivity index (χ0v) is 13.2. The summed E-state index contributed by atoms with van der Waals surface area (Å²) in [7, 11) is 0. The van der Waals surface area contributed by atoms with Crippen molar-refractivity contribution in [1.29, 1.82) is 0 Å². The van der Waals surface area contributed by atoms with E-state index in [2.05, 4.69) is 31.0 Å². The SMILES string of the molecule is CCC1(C)CNC(C)(C2CC2)CN1CC1CCCC1. The van der Waals surface area contributed by atoms with Crippen LogP contribution in [0.5, 0.6) is 0 Å². The molecule has 1 saturated heterocycles. The van der Waals surface area contributed by atoms with E-state index in [0.29, 0.717) is 11.1 Å². The molecule has 2 nitrogen and oxygen atoms in total. The molecule has 0 amide bonds. The average molecular weight is 264 g/mol. The van der Waals surface area contributed by atoms with Crippen molar-refractivity contribution in [3.8, 4) is 0 Å². The summed E-state index contributed by atoms with van der Waals surface area (Å²) < 4.78 is 0. The van der Waals surface area contributed by atoms with Crippen LogP contribution < -0.4 is 5.32 Å². The predicted molar refractivity (Wildman–Crippen MR) is 81.4 cm³/mol. The lowest BCUT2D eigenvalue weighted by atomic mass is 9.83. The summed E-state index contributed by atoms with van der Waals surface area (Å²) in [5.74, 6) is 1.92. The Kier molecular flexibility index (Phi) is 3.68. The molecule has 0 aromatic rings.